The Bertz CT molecular complexity index is 1430. The quantitative estimate of drug-likeness (QED) is 0.577. The van der Waals surface area contributed by atoms with E-state index in [9.17, 15) is 14.4 Å². The lowest BCUT2D eigenvalue weighted by atomic mass is 9.91. The van der Waals surface area contributed by atoms with E-state index in [0.717, 1.165) is 17.7 Å². The summed E-state index contributed by atoms with van der Waals surface area (Å²) in [7, 11) is 0. The third-order valence-corrected chi connectivity index (χ3v) is 8.64. The van der Waals surface area contributed by atoms with Crippen LogP contribution in [-0.4, -0.2) is 82.6 Å². The predicted molar refractivity (Wildman–Crippen MR) is 143 cm³/mol. The van der Waals surface area contributed by atoms with Gasteiger partial charge in [0.2, 0.25) is 11.9 Å². The van der Waals surface area contributed by atoms with Gasteiger partial charge in [0.1, 0.15) is 23.8 Å². The molecule has 1 aromatic heterocycles. The second-order valence-electron chi connectivity index (χ2n) is 10.7. The van der Waals surface area contributed by atoms with E-state index in [0.29, 0.717) is 50.7 Å². The monoisotopic (exact) mass is 550 g/mol. The SMILES string of the molecule is C[C@@H]1C=NN=CN1c1ncc2c(n1)CCC2C(=O)N1CCN2CC(c3ccc(F)c(C#N)c3Cl)OCC2(C)C1. The Morgan fingerprint density at radius 2 is 2.13 bits per heavy atom. The third kappa shape index (κ3) is 4.46. The van der Waals surface area contributed by atoms with Crippen molar-refractivity contribution < 1.29 is 13.9 Å². The Hall–Kier alpha value is -3.46. The standard InChI is InChI=1S/C27H28ClFN8O2/c1-16-10-32-33-15-37(16)26-31-11-20-17(4-6-22(20)34-26)25(38)35-7-8-36-12-23(39-14-27(36,2)13-35)18-3-5-21(29)19(9-30)24(18)28/h3,5,10-11,15-17,23H,4,6-8,12-14H2,1-2H3/t16-,17?,23?,27?/m1/s1. The number of carbonyl (C=O) groups excluding carboxylic acids is 1. The van der Waals surface area contributed by atoms with Gasteiger partial charge in [-0.15, -0.1) is 5.10 Å². The van der Waals surface area contributed by atoms with Gasteiger partial charge in [0.15, 0.2) is 0 Å². The number of fused-ring (bicyclic) bond motifs is 2. The van der Waals surface area contributed by atoms with E-state index in [1.165, 1.54) is 6.07 Å². The number of morpholine rings is 1. The zero-order valence-corrected chi connectivity index (χ0v) is 22.5. The minimum absolute atomic E-state index is 0.00112. The van der Waals surface area contributed by atoms with E-state index in [2.05, 4.69) is 27.0 Å². The van der Waals surface area contributed by atoms with Gasteiger partial charge >= 0.3 is 0 Å². The summed E-state index contributed by atoms with van der Waals surface area (Å²) in [6.45, 7) is 6.81. The fourth-order valence-electron chi connectivity index (χ4n) is 5.96. The number of amides is 1. The number of aromatic nitrogens is 2. The van der Waals surface area contributed by atoms with E-state index >= 15 is 0 Å². The second kappa shape index (κ2) is 9.93. The number of ether oxygens (including phenoxy) is 1. The molecule has 1 aliphatic carbocycles. The topological polar surface area (TPSA) is 110 Å². The fourth-order valence-corrected chi connectivity index (χ4v) is 6.27. The van der Waals surface area contributed by atoms with Crippen molar-refractivity contribution in [2.24, 2.45) is 10.2 Å². The first-order valence-corrected chi connectivity index (χ1v) is 13.4. The number of carbonyl (C=O) groups is 1. The summed E-state index contributed by atoms with van der Waals surface area (Å²) in [5.41, 5.74) is 1.87. The van der Waals surface area contributed by atoms with E-state index in [1.807, 2.05) is 22.8 Å². The van der Waals surface area contributed by atoms with Crippen LogP contribution in [0.25, 0.3) is 0 Å². The van der Waals surface area contributed by atoms with Gasteiger partial charge in [0.25, 0.3) is 0 Å². The number of piperazine rings is 1. The number of benzene rings is 1. The summed E-state index contributed by atoms with van der Waals surface area (Å²) < 4.78 is 20.2. The van der Waals surface area contributed by atoms with Gasteiger partial charge < -0.3 is 9.64 Å². The van der Waals surface area contributed by atoms with Crippen LogP contribution in [0.3, 0.4) is 0 Å². The molecule has 4 aliphatic rings. The van der Waals surface area contributed by atoms with Crippen LogP contribution in [0.5, 0.6) is 0 Å². The maximum Gasteiger partial charge on any atom is 0.231 e. The maximum absolute atomic E-state index is 14.0. The molecule has 202 valence electrons. The largest absolute Gasteiger partial charge is 0.370 e. The van der Waals surface area contributed by atoms with Crippen molar-refractivity contribution in [2.45, 2.75) is 50.3 Å². The number of hydrogen-bond acceptors (Lipinski definition) is 9. The van der Waals surface area contributed by atoms with Gasteiger partial charge in [-0.2, -0.15) is 10.4 Å². The molecule has 4 heterocycles. The summed E-state index contributed by atoms with van der Waals surface area (Å²) in [5, 5.41) is 17.2. The molecule has 0 N–H and O–H groups in total. The third-order valence-electron chi connectivity index (χ3n) is 8.23. The van der Waals surface area contributed by atoms with Crippen LogP contribution in [0.15, 0.2) is 28.5 Å². The van der Waals surface area contributed by atoms with Crippen molar-refractivity contribution in [3.8, 4) is 6.07 Å². The Labute approximate surface area is 230 Å². The first-order valence-electron chi connectivity index (χ1n) is 13.0. The van der Waals surface area contributed by atoms with Gasteiger partial charge in [-0.25, -0.2) is 14.4 Å². The zero-order chi connectivity index (χ0) is 27.3. The Morgan fingerprint density at radius 1 is 1.28 bits per heavy atom. The number of nitrogens with zero attached hydrogens (tertiary/aromatic N) is 8. The van der Waals surface area contributed by atoms with Crippen LogP contribution >= 0.6 is 11.6 Å². The number of nitriles is 1. The van der Waals surface area contributed by atoms with Crippen molar-refractivity contribution in [2.75, 3.05) is 37.7 Å². The summed E-state index contributed by atoms with van der Waals surface area (Å²) in [5.74, 6) is -0.257. The molecule has 12 heteroatoms. The highest BCUT2D eigenvalue weighted by molar-refractivity contribution is 6.32. The Kier molecular flexibility index (Phi) is 6.57. The lowest BCUT2D eigenvalue weighted by Gasteiger charge is -2.53. The molecule has 0 radical (unpaired) electrons. The summed E-state index contributed by atoms with van der Waals surface area (Å²) in [6, 6.07) is 4.68. The number of rotatable bonds is 3. The molecule has 0 spiro atoms. The predicted octanol–water partition coefficient (Wildman–Crippen LogP) is 3.07. The molecular formula is C27H28ClFN8O2. The average molecular weight is 551 g/mol. The van der Waals surface area contributed by atoms with Gasteiger partial charge in [0, 0.05) is 55.4 Å². The molecule has 2 aromatic rings. The Balaban J connectivity index is 1.14. The number of anilines is 1. The molecule has 1 aromatic carbocycles. The highest BCUT2D eigenvalue weighted by Gasteiger charge is 2.46. The molecule has 2 saturated heterocycles. The van der Waals surface area contributed by atoms with Crippen LogP contribution in [0.1, 0.15) is 54.7 Å². The van der Waals surface area contributed by atoms with Crippen LogP contribution in [0.2, 0.25) is 5.02 Å². The first-order chi connectivity index (χ1) is 18.8. The molecule has 4 atom stereocenters. The molecule has 6 rings (SSSR count). The number of halogens is 2. The molecule has 1 amide bonds. The van der Waals surface area contributed by atoms with Gasteiger partial charge in [-0.1, -0.05) is 17.7 Å². The van der Waals surface area contributed by atoms with E-state index in [4.69, 9.17) is 21.3 Å². The van der Waals surface area contributed by atoms with Crippen molar-refractivity contribution in [1.29, 1.82) is 5.26 Å². The summed E-state index contributed by atoms with van der Waals surface area (Å²) in [4.78, 5) is 29.1. The van der Waals surface area contributed by atoms with Crippen LogP contribution < -0.4 is 4.90 Å². The highest BCUT2D eigenvalue weighted by Crippen LogP contribution is 2.39. The van der Waals surface area contributed by atoms with E-state index in [1.54, 1.807) is 24.8 Å². The number of hydrogen-bond donors (Lipinski definition) is 0. The molecule has 0 bridgehead atoms. The summed E-state index contributed by atoms with van der Waals surface area (Å²) in [6.07, 6.45) is 6.18. The van der Waals surface area contributed by atoms with Crippen LogP contribution in [0.4, 0.5) is 10.3 Å². The summed E-state index contributed by atoms with van der Waals surface area (Å²) >= 11 is 6.36. The van der Waals surface area contributed by atoms with E-state index in [-0.39, 0.29) is 40.1 Å². The van der Waals surface area contributed by atoms with Crippen molar-refractivity contribution in [3.05, 3.63) is 51.6 Å². The molecule has 2 fully saturated rings. The normalized spacial score (nSPS) is 28.2. The number of aryl methyl sites for hydroxylation is 1. The highest BCUT2D eigenvalue weighted by atomic mass is 35.5. The van der Waals surface area contributed by atoms with Crippen molar-refractivity contribution >= 4 is 36.0 Å². The minimum Gasteiger partial charge on any atom is -0.370 e. The lowest BCUT2D eigenvalue weighted by Crippen LogP contribution is -2.67. The molecule has 39 heavy (non-hydrogen) atoms. The van der Waals surface area contributed by atoms with Crippen LogP contribution in [-0.2, 0) is 16.0 Å². The fraction of sp³-hybridized carbons (Fsp3) is 0.481. The van der Waals surface area contributed by atoms with Crippen molar-refractivity contribution in [1.82, 2.24) is 19.8 Å². The minimum atomic E-state index is -0.640. The molecule has 3 unspecified atom stereocenters. The maximum atomic E-state index is 14.0. The molecule has 3 aliphatic heterocycles. The Morgan fingerprint density at radius 3 is 2.92 bits per heavy atom. The van der Waals surface area contributed by atoms with Gasteiger partial charge in [-0.05, 0) is 32.8 Å². The van der Waals surface area contributed by atoms with E-state index < -0.39 is 5.82 Å². The molecule has 0 saturated carbocycles. The van der Waals surface area contributed by atoms with Crippen LogP contribution in [0, 0.1) is 17.1 Å². The van der Waals surface area contributed by atoms with Crippen molar-refractivity contribution in [3.63, 3.8) is 0 Å². The average Bonchev–Trinajstić information content (AvgIpc) is 3.36. The smallest absolute Gasteiger partial charge is 0.231 e. The molecule has 10 nitrogen and oxygen atoms in total. The van der Waals surface area contributed by atoms with Gasteiger partial charge in [0.05, 0.1) is 35.2 Å². The van der Waals surface area contributed by atoms with Gasteiger partial charge in [-0.3, -0.25) is 14.6 Å². The lowest BCUT2D eigenvalue weighted by molar-refractivity contribution is -0.155. The zero-order valence-electron chi connectivity index (χ0n) is 21.7. The first kappa shape index (κ1) is 25.8. The second-order valence-corrected chi connectivity index (χ2v) is 11.1. The molecular weight excluding hydrogens is 523 g/mol.